The Kier molecular flexibility index (Phi) is 9.71. The van der Waals surface area contributed by atoms with Crippen LogP contribution in [0.3, 0.4) is 0 Å². The van der Waals surface area contributed by atoms with Gasteiger partial charge in [-0.15, -0.1) is 11.6 Å². The molecule has 2 saturated heterocycles. The van der Waals surface area contributed by atoms with Gasteiger partial charge in [0, 0.05) is 6.20 Å². The van der Waals surface area contributed by atoms with Crippen molar-refractivity contribution in [2.24, 2.45) is 0 Å². The fourth-order valence-electron chi connectivity index (χ4n) is 5.27. The van der Waals surface area contributed by atoms with Crippen molar-refractivity contribution < 1.29 is 37.9 Å². The van der Waals surface area contributed by atoms with E-state index >= 15 is 0 Å². The molecule has 0 bridgehead atoms. The summed E-state index contributed by atoms with van der Waals surface area (Å²) in [5.41, 5.74) is 1.94. The van der Waals surface area contributed by atoms with Crippen molar-refractivity contribution in [1.29, 1.82) is 0 Å². The van der Waals surface area contributed by atoms with Gasteiger partial charge in [-0.25, -0.2) is 9.59 Å². The van der Waals surface area contributed by atoms with E-state index in [0.717, 1.165) is 0 Å². The Labute approximate surface area is 267 Å². The number of carbonyl (C=O) groups excluding carboxylic acids is 4. The van der Waals surface area contributed by atoms with Crippen LogP contribution in [0.1, 0.15) is 40.2 Å². The van der Waals surface area contributed by atoms with Gasteiger partial charge in [-0.2, -0.15) is 0 Å². The number of hydrogen-bond acceptors (Lipinski definition) is 9. The molecule has 2 aliphatic heterocycles. The number of hydrogen-bond donors (Lipinski definition) is 0. The first kappa shape index (κ1) is 32.0. The number of β-lactam (4-membered cyclic amide) rings is 1. The van der Waals surface area contributed by atoms with Gasteiger partial charge in [-0.05, 0) is 47.4 Å². The average Bonchev–Trinajstić information content (AvgIpc) is 3.28. The molecule has 45 heavy (non-hydrogen) atoms. The highest BCUT2D eigenvalue weighted by Gasteiger charge is 2.73. The Morgan fingerprint density at radius 3 is 2.33 bits per heavy atom. The second-order valence-corrected chi connectivity index (χ2v) is 12.7. The number of fused-ring (bicyclic) bond motifs is 1. The first-order chi connectivity index (χ1) is 21.7. The fourth-order valence-corrected chi connectivity index (χ4v) is 7.28. The first-order valence-electron chi connectivity index (χ1n) is 13.9. The minimum Gasteiger partial charge on any atom is -0.614 e. The molecule has 3 heterocycles. The average molecular weight is 649 g/mol. The second-order valence-electron chi connectivity index (χ2n) is 10.5. The number of amides is 1. The highest BCUT2D eigenvalue weighted by atomic mass is 35.5. The lowest BCUT2D eigenvalue weighted by Crippen LogP contribution is -2.60. The molecule has 2 aliphatic rings. The summed E-state index contributed by atoms with van der Waals surface area (Å²) in [6.45, 7) is 4.59. The molecule has 2 aromatic carbocycles. The van der Waals surface area contributed by atoms with Gasteiger partial charge in [0.15, 0.2) is 16.9 Å². The maximum absolute atomic E-state index is 14.1. The zero-order chi connectivity index (χ0) is 32.1. The van der Waals surface area contributed by atoms with Crippen LogP contribution in [-0.2, 0) is 39.8 Å². The van der Waals surface area contributed by atoms with E-state index in [1.807, 2.05) is 60.7 Å². The number of alkyl halides is 1. The number of aromatic nitrogens is 1. The number of pyridine rings is 1. The number of ether oxygens (including phenoxy) is 3. The highest BCUT2D eigenvalue weighted by molar-refractivity contribution is 7.94. The Hall–Kier alpha value is -4.45. The SMILES string of the molecule is C=CCOC(=O)c1ccnc(/C=C2/C(=O)N3C2[S+]([O-])[C@@](C)(COC(=O)CCl)[C@H]3C(=O)OC(c2ccccc2)c2ccccc2)c1. The molecule has 2 unspecified atom stereocenters. The van der Waals surface area contributed by atoms with Crippen LogP contribution in [-0.4, -0.2) is 73.5 Å². The number of halogens is 1. The molecule has 2 fully saturated rings. The predicted molar refractivity (Wildman–Crippen MR) is 166 cm³/mol. The van der Waals surface area contributed by atoms with Gasteiger partial charge < -0.3 is 18.8 Å². The van der Waals surface area contributed by atoms with Crippen LogP contribution in [0.15, 0.2) is 97.2 Å². The standard InChI is InChI=1S/C33H29ClN2O8S/c1-3-16-42-31(39)23-14-15-35-24(17-23)18-25-29(38)36-28(33(2,45(41)30(25)36)20-43-26(37)19-34)32(40)44-27(21-10-6-4-7-11-21)22-12-8-5-9-13-22/h3-15,17-18,27-28,30H,1,16,19-20H2,2H3/b25-18-/t28-,30?,33+,45?/m1/s1. The fraction of sp³-hybridized carbons (Fsp3) is 0.242. The molecular formula is C33H29ClN2O8S. The van der Waals surface area contributed by atoms with Crippen molar-refractivity contribution in [3.05, 3.63) is 120 Å². The molecule has 0 N–H and O–H groups in total. The van der Waals surface area contributed by atoms with E-state index in [2.05, 4.69) is 11.6 Å². The molecule has 1 aromatic heterocycles. The van der Waals surface area contributed by atoms with Crippen molar-refractivity contribution in [3.63, 3.8) is 0 Å². The number of rotatable bonds is 11. The van der Waals surface area contributed by atoms with Gasteiger partial charge in [0.1, 0.15) is 19.1 Å². The van der Waals surface area contributed by atoms with Crippen LogP contribution in [0.25, 0.3) is 6.08 Å². The number of esters is 3. The van der Waals surface area contributed by atoms with E-state index in [-0.39, 0.29) is 23.4 Å². The Morgan fingerprint density at radius 1 is 1.09 bits per heavy atom. The summed E-state index contributed by atoms with van der Waals surface area (Å²) in [5.74, 6) is -3.21. The summed E-state index contributed by atoms with van der Waals surface area (Å²) < 4.78 is 29.0. The highest BCUT2D eigenvalue weighted by Crippen LogP contribution is 2.50. The van der Waals surface area contributed by atoms with Gasteiger partial charge in [0.25, 0.3) is 5.91 Å². The minimum absolute atomic E-state index is 0.0197. The molecule has 232 valence electrons. The molecule has 5 rings (SSSR count). The van der Waals surface area contributed by atoms with Gasteiger partial charge in [-0.3, -0.25) is 19.5 Å². The molecule has 3 aromatic rings. The van der Waals surface area contributed by atoms with Gasteiger partial charge in [-0.1, -0.05) is 73.3 Å². The van der Waals surface area contributed by atoms with Crippen LogP contribution in [0.5, 0.6) is 0 Å². The van der Waals surface area contributed by atoms with E-state index in [9.17, 15) is 23.7 Å². The largest absolute Gasteiger partial charge is 0.614 e. The maximum Gasteiger partial charge on any atom is 0.338 e. The third-order valence-electron chi connectivity index (χ3n) is 7.46. The Balaban J connectivity index is 1.48. The molecule has 0 radical (unpaired) electrons. The number of nitrogens with zero attached hydrogens (tertiary/aromatic N) is 2. The van der Waals surface area contributed by atoms with Gasteiger partial charge >= 0.3 is 17.9 Å². The van der Waals surface area contributed by atoms with Crippen LogP contribution in [0.4, 0.5) is 0 Å². The molecule has 12 heteroatoms. The zero-order valence-corrected chi connectivity index (χ0v) is 25.7. The summed E-state index contributed by atoms with van der Waals surface area (Å²) in [6, 6.07) is 19.7. The summed E-state index contributed by atoms with van der Waals surface area (Å²) in [6.07, 6.45) is 3.40. The number of benzene rings is 2. The molecule has 4 atom stereocenters. The van der Waals surface area contributed by atoms with Crippen LogP contribution < -0.4 is 0 Å². The van der Waals surface area contributed by atoms with E-state index in [1.165, 1.54) is 42.3 Å². The lowest BCUT2D eigenvalue weighted by Gasteiger charge is -2.36. The van der Waals surface area contributed by atoms with Crippen LogP contribution >= 0.6 is 11.6 Å². The topological polar surface area (TPSA) is 135 Å². The van der Waals surface area contributed by atoms with E-state index in [1.54, 1.807) is 0 Å². The Bertz CT molecular complexity index is 1600. The minimum atomic E-state index is -1.94. The van der Waals surface area contributed by atoms with E-state index in [4.69, 9.17) is 25.8 Å². The predicted octanol–water partition coefficient (Wildman–Crippen LogP) is 3.98. The van der Waals surface area contributed by atoms with Crippen LogP contribution in [0, 0.1) is 0 Å². The van der Waals surface area contributed by atoms with Crippen molar-refractivity contribution in [3.8, 4) is 0 Å². The summed E-state index contributed by atoms with van der Waals surface area (Å²) in [5, 5.41) is -1.03. The van der Waals surface area contributed by atoms with Gasteiger partial charge in [0.2, 0.25) is 5.37 Å². The molecule has 0 spiro atoms. The van der Waals surface area contributed by atoms with E-state index < -0.39 is 69.7 Å². The van der Waals surface area contributed by atoms with Crippen molar-refractivity contribution in [2.45, 2.75) is 29.2 Å². The summed E-state index contributed by atoms with van der Waals surface area (Å²) >= 11 is 3.69. The molecule has 10 nitrogen and oxygen atoms in total. The summed E-state index contributed by atoms with van der Waals surface area (Å²) in [4.78, 5) is 57.5. The zero-order valence-electron chi connectivity index (χ0n) is 24.2. The molecule has 0 aliphatic carbocycles. The second kappa shape index (κ2) is 13.7. The molecular weight excluding hydrogens is 620 g/mol. The lowest BCUT2D eigenvalue weighted by molar-refractivity contribution is -0.162. The van der Waals surface area contributed by atoms with E-state index in [0.29, 0.717) is 11.1 Å². The smallest absolute Gasteiger partial charge is 0.338 e. The Morgan fingerprint density at radius 2 is 1.73 bits per heavy atom. The monoisotopic (exact) mass is 648 g/mol. The maximum atomic E-state index is 14.1. The van der Waals surface area contributed by atoms with Crippen molar-refractivity contribution in [2.75, 3.05) is 19.1 Å². The third kappa shape index (κ3) is 6.37. The lowest BCUT2D eigenvalue weighted by atomic mass is 9.93. The third-order valence-corrected chi connectivity index (χ3v) is 9.83. The first-order valence-corrected chi connectivity index (χ1v) is 15.7. The van der Waals surface area contributed by atoms with Crippen molar-refractivity contribution >= 4 is 52.7 Å². The molecule has 0 saturated carbocycles. The molecule has 1 amide bonds. The summed E-state index contributed by atoms with van der Waals surface area (Å²) in [7, 11) is 0. The van der Waals surface area contributed by atoms with Crippen LogP contribution in [0.2, 0.25) is 0 Å². The number of carbonyl (C=O) groups is 4. The quantitative estimate of drug-likeness (QED) is 0.0575. The van der Waals surface area contributed by atoms with Crippen molar-refractivity contribution in [1.82, 2.24) is 9.88 Å². The van der Waals surface area contributed by atoms with Gasteiger partial charge in [0.05, 0.1) is 16.8 Å². The normalized spacial score (nSPS) is 22.8.